The fourth-order valence-corrected chi connectivity index (χ4v) is 5.23. The van der Waals surface area contributed by atoms with Crippen molar-refractivity contribution in [1.82, 2.24) is 19.7 Å². The molecule has 34 heavy (non-hydrogen) atoms. The SMILES string of the molecule is CC(=O)Nc1cccc(-n2cnnc2SCc2csc(N(C(C)=O)c3cccc(C)c3C)n2)c1. The lowest BCUT2D eigenvalue weighted by Crippen LogP contribution is -2.23. The monoisotopic (exact) mass is 492 g/mol. The Bertz CT molecular complexity index is 1350. The predicted molar refractivity (Wildman–Crippen MR) is 136 cm³/mol. The molecule has 0 bridgehead atoms. The van der Waals surface area contributed by atoms with Crippen LogP contribution in [0.3, 0.4) is 0 Å². The summed E-state index contributed by atoms with van der Waals surface area (Å²) >= 11 is 2.94. The fraction of sp³-hybridized carbons (Fsp3) is 0.208. The summed E-state index contributed by atoms with van der Waals surface area (Å²) in [7, 11) is 0. The van der Waals surface area contributed by atoms with Crippen LogP contribution in [0.1, 0.15) is 30.7 Å². The number of amides is 2. The van der Waals surface area contributed by atoms with Gasteiger partial charge >= 0.3 is 0 Å². The summed E-state index contributed by atoms with van der Waals surface area (Å²) in [4.78, 5) is 30.3. The van der Waals surface area contributed by atoms with Crippen molar-refractivity contribution in [3.05, 3.63) is 71.0 Å². The van der Waals surface area contributed by atoms with Crippen LogP contribution in [0, 0.1) is 13.8 Å². The minimum atomic E-state index is -0.129. The molecule has 8 nitrogen and oxygen atoms in total. The Morgan fingerprint density at radius 1 is 1.15 bits per heavy atom. The highest BCUT2D eigenvalue weighted by atomic mass is 32.2. The van der Waals surface area contributed by atoms with Crippen LogP contribution in [0.2, 0.25) is 0 Å². The van der Waals surface area contributed by atoms with Crippen LogP contribution in [0.5, 0.6) is 0 Å². The number of hydrogen-bond acceptors (Lipinski definition) is 7. The number of thioether (sulfide) groups is 1. The van der Waals surface area contributed by atoms with Crippen molar-refractivity contribution < 1.29 is 9.59 Å². The standard InChI is InChI=1S/C24H24N6O2S2/c1-15-7-5-10-22(16(15)2)30(18(4)32)23-27-20(12-33-23)13-34-24-28-25-14-29(24)21-9-6-8-19(11-21)26-17(3)31/h5-12,14H,13H2,1-4H3,(H,26,31). The Balaban J connectivity index is 1.52. The van der Waals surface area contributed by atoms with Crippen molar-refractivity contribution in [3.63, 3.8) is 0 Å². The lowest BCUT2D eigenvalue weighted by atomic mass is 10.1. The summed E-state index contributed by atoms with van der Waals surface area (Å²) in [5.74, 6) is 0.357. The Kier molecular flexibility index (Phi) is 7.09. The van der Waals surface area contributed by atoms with E-state index >= 15 is 0 Å². The summed E-state index contributed by atoms with van der Waals surface area (Å²) in [5.41, 5.74) is 5.42. The zero-order valence-corrected chi connectivity index (χ0v) is 20.9. The number of nitrogens with one attached hydrogen (secondary N) is 1. The molecule has 0 radical (unpaired) electrons. The van der Waals surface area contributed by atoms with E-state index in [4.69, 9.17) is 4.98 Å². The van der Waals surface area contributed by atoms with Gasteiger partial charge in [-0.05, 0) is 49.2 Å². The van der Waals surface area contributed by atoms with Gasteiger partial charge in [0.1, 0.15) is 6.33 Å². The third-order valence-electron chi connectivity index (χ3n) is 5.17. The normalized spacial score (nSPS) is 10.8. The predicted octanol–water partition coefficient (Wildman–Crippen LogP) is 5.28. The van der Waals surface area contributed by atoms with Crippen molar-refractivity contribution in [2.45, 2.75) is 38.6 Å². The number of rotatable bonds is 7. The second-order valence-corrected chi connectivity index (χ2v) is 9.48. The van der Waals surface area contributed by atoms with Gasteiger partial charge in [0.2, 0.25) is 11.8 Å². The Morgan fingerprint density at radius 3 is 2.71 bits per heavy atom. The molecular formula is C24H24N6O2S2. The Morgan fingerprint density at radius 2 is 1.94 bits per heavy atom. The molecule has 0 fully saturated rings. The molecule has 1 N–H and O–H groups in total. The van der Waals surface area contributed by atoms with E-state index < -0.39 is 0 Å². The molecule has 2 amide bonds. The summed E-state index contributed by atoms with van der Waals surface area (Å²) in [6, 6.07) is 13.4. The number of benzene rings is 2. The first kappa shape index (κ1) is 23.7. The number of carbonyl (C=O) groups is 2. The summed E-state index contributed by atoms with van der Waals surface area (Å²) in [6.45, 7) is 7.07. The van der Waals surface area contributed by atoms with E-state index in [1.807, 2.05) is 66.3 Å². The molecule has 0 saturated heterocycles. The molecule has 0 unspecified atom stereocenters. The summed E-state index contributed by atoms with van der Waals surface area (Å²) in [6.07, 6.45) is 1.64. The van der Waals surface area contributed by atoms with E-state index in [0.29, 0.717) is 21.7 Å². The average molecular weight is 493 g/mol. The number of thiazole rings is 1. The van der Waals surface area contributed by atoms with Crippen LogP contribution < -0.4 is 10.2 Å². The molecule has 2 aromatic heterocycles. The largest absolute Gasteiger partial charge is 0.326 e. The van der Waals surface area contributed by atoms with Gasteiger partial charge < -0.3 is 5.32 Å². The first-order valence-electron chi connectivity index (χ1n) is 10.6. The number of hydrogen-bond donors (Lipinski definition) is 1. The smallest absolute Gasteiger partial charge is 0.230 e. The van der Waals surface area contributed by atoms with Crippen LogP contribution in [-0.2, 0) is 15.3 Å². The molecule has 10 heteroatoms. The first-order valence-corrected chi connectivity index (χ1v) is 12.4. The number of anilines is 3. The third-order valence-corrected chi connectivity index (χ3v) is 7.02. The van der Waals surface area contributed by atoms with Crippen molar-refractivity contribution in [3.8, 4) is 5.69 Å². The van der Waals surface area contributed by atoms with Crippen LogP contribution in [0.25, 0.3) is 5.69 Å². The Hall–Kier alpha value is -3.50. The second kappa shape index (κ2) is 10.2. The van der Waals surface area contributed by atoms with Gasteiger partial charge in [0.25, 0.3) is 0 Å². The number of aromatic nitrogens is 4. The van der Waals surface area contributed by atoms with Crippen LogP contribution in [0.4, 0.5) is 16.5 Å². The van der Waals surface area contributed by atoms with E-state index in [1.165, 1.54) is 30.0 Å². The molecule has 0 atom stereocenters. The molecule has 0 saturated carbocycles. The van der Waals surface area contributed by atoms with E-state index in [2.05, 4.69) is 15.5 Å². The second-order valence-electron chi connectivity index (χ2n) is 7.70. The van der Waals surface area contributed by atoms with Gasteiger partial charge in [0.15, 0.2) is 10.3 Å². The Labute approximate surface area is 206 Å². The average Bonchev–Trinajstić information content (AvgIpc) is 3.44. The quantitative estimate of drug-likeness (QED) is 0.353. The van der Waals surface area contributed by atoms with Gasteiger partial charge in [-0.1, -0.05) is 30.0 Å². The van der Waals surface area contributed by atoms with Crippen molar-refractivity contribution in [2.24, 2.45) is 0 Å². The van der Waals surface area contributed by atoms with E-state index in [9.17, 15) is 9.59 Å². The van der Waals surface area contributed by atoms with E-state index in [0.717, 1.165) is 28.2 Å². The topological polar surface area (TPSA) is 93.0 Å². The minimum Gasteiger partial charge on any atom is -0.326 e. The molecule has 0 aliphatic carbocycles. The van der Waals surface area contributed by atoms with Crippen LogP contribution in [0.15, 0.2) is 59.3 Å². The zero-order valence-electron chi connectivity index (χ0n) is 19.3. The number of aryl methyl sites for hydroxylation is 1. The van der Waals surface area contributed by atoms with Gasteiger partial charge in [0.05, 0.1) is 17.1 Å². The van der Waals surface area contributed by atoms with Gasteiger partial charge in [-0.25, -0.2) is 4.98 Å². The maximum atomic E-state index is 12.5. The maximum Gasteiger partial charge on any atom is 0.230 e. The summed E-state index contributed by atoms with van der Waals surface area (Å²) < 4.78 is 1.86. The zero-order chi connectivity index (χ0) is 24.2. The van der Waals surface area contributed by atoms with Gasteiger partial charge in [-0.3, -0.25) is 19.1 Å². The highest BCUT2D eigenvalue weighted by Crippen LogP contribution is 2.34. The third kappa shape index (κ3) is 5.18. The van der Waals surface area contributed by atoms with Crippen LogP contribution in [-0.4, -0.2) is 31.6 Å². The number of carbonyl (C=O) groups excluding carboxylic acids is 2. The lowest BCUT2D eigenvalue weighted by Gasteiger charge is -2.21. The lowest BCUT2D eigenvalue weighted by molar-refractivity contribution is -0.116. The van der Waals surface area contributed by atoms with E-state index in [-0.39, 0.29) is 11.8 Å². The fourth-order valence-electron chi connectivity index (χ4n) is 3.43. The highest BCUT2D eigenvalue weighted by molar-refractivity contribution is 7.98. The molecule has 4 rings (SSSR count). The molecule has 2 heterocycles. The number of nitrogens with zero attached hydrogens (tertiary/aromatic N) is 5. The highest BCUT2D eigenvalue weighted by Gasteiger charge is 2.20. The minimum absolute atomic E-state index is 0.0824. The molecule has 0 aliphatic heterocycles. The van der Waals surface area contributed by atoms with Gasteiger partial charge in [0, 0.05) is 30.7 Å². The maximum absolute atomic E-state index is 12.5. The van der Waals surface area contributed by atoms with Crippen molar-refractivity contribution in [2.75, 3.05) is 10.2 Å². The van der Waals surface area contributed by atoms with Gasteiger partial charge in [-0.15, -0.1) is 21.5 Å². The summed E-state index contributed by atoms with van der Waals surface area (Å²) in [5, 5.41) is 14.4. The van der Waals surface area contributed by atoms with E-state index in [1.54, 1.807) is 18.2 Å². The molecule has 2 aromatic carbocycles. The molecule has 0 aliphatic rings. The molecule has 0 spiro atoms. The molecule has 4 aromatic rings. The van der Waals surface area contributed by atoms with Crippen molar-refractivity contribution >= 4 is 51.4 Å². The van der Waals surface area contributed by atoms with Crippen molar-refractivity contribution in [1.29, 1.82) is 0 Å². The van der Waals surface area contributed by atoms with Crippen LogP contribution >= 0.6 is 23.1 Å². The first-order chi connectivity index (χ1) is 16.3. The molecular weight excluding hydrogens is 468 g/mol. The van der Waals surface area contributed by atoms with Gasteiger partial charge in [-0.2, -0.15) is 0 Å². The molecule has 174 valence electrons.